The Bertz CT molecular complexity index is 1410. The number of carbonyl (C=O) groups is 3. The minimum Gasteiger partial charge on any atom is -0.352 e. The van der Waals surface area contributed by atoms with Gasteiger partial charge in [0, 0.05) is 16.9 Å². The molecule has 0 unspecified atom stereocenters. The van der Waals surface area contributed by atoms with Gasteiger partial charge >= 0.3 is 0 Å². The summed E-state index contributed by atoms with van der Waals surface area (Å²) in [6.07, 6.45) is 3.94. The summed E-state index contributed by atoms with van der Waals surface area (Å²) in [5, 5.41) is 3.30. The number of fused-ring (bicyclic) bond motifs is 6. The summed E-state index contributed by atoms with van der Waals surface area (Å²) in [6.45, 7) is 1.49. The largest absolute Gasteiger partial charge is 0.352 e. The SMILES string of the molecule is CC(=O)[C@@H]1[C@@H](C(=O)c2ccccc2Cl)[C@]2(C(=O)Nc3ccccc32)[C@H]2C=Cc3ccccc3N12. The van der Waals surface area contributed by atoms with Gasteiger partial charge in [-0.15, -0.1) is 0 Å². The second kappa shape index (κ2) is 7.40. The van der Waals surface area contributed by atoms with Gasteiger partial charge in [0.1, 0.15) is 5.41 Å². The lowest BCUT2D eigenvalue weighted by Crippen LogP contribution is -2.51. The molecule has 1 amide bonds. The van der Waals surface area contributed by atoms with E-state index in [4.69, 9.17) is 11.6 Å². The van der Waals surface area contributed by atoms with Crippen LogP contribution in [0.25, 0.3) is 6.08 Å². The lowest BCUT2D eigenvalue weighted by atomic mass is 9.64. The van der Waals surface area contributed by atoms with Crippen molar-refractivity contribution in [1.82, 2.24) is 0 Å². The zero-order valence-electron chi connectivity index (χ0n) is 18.4. The predicted molar refractivity (Wildman–Crippen MR) is 132 cm³/mol. The van der Waals surface area contributed by atoms with Gasteiger partial charge in [-0.05, 0) is 42.3 Å². The Hall–Kier alpha value is -3.70. The van der Waals surface area contributed by atoms with Gasteiger partial charge in [0.25, 0.3) is 0 Å². The highest BCUT2D eigenvalue weighted by Gasteiger charge is 2.69. The van der Waals surface area contributed by atoms with Crippen LogP contribution >= 0.6 is 11.6 Å². The molecule has 1 fully saturated rings. The van der Waals surface area contributed by atoms with E-state index in [2.05, 4.69) is 5.32 Å². The van der Waals surface area contributed by atoms with E-state index in [1.165, 1.54) is 6.92 Å². The second-order valence-electron chi connectivity index (χ2n) is 9.02. The highest BCUT2D eigenvalue weighted by molar-refractivity contribution is 6.34. The number of Topliss-reactive ketones (excluding diaryl/α,β-unsaturated/α-hetero) is 2. The molecule has 0 aromatic heterocycles. The molecular formula is C28H21ClN2O3. The van der Waals surface area contributed by atoms with E-state index in [1.54, 1.807) is 24.3 Å². The van der Waals surface area contributed by atoms with Crippen molar-refractivity contribution in [2.75, 3.05) is 10.2 Å². The Balaban J connectivity index is 1.68. The van der Waals surface area contributed by atoms with Crippen LogP contribution in [0.2, 0.25) is 5.02 Å². The third-order valence-electron chi connectivity index (χ3n) is 7.38. The summed E-state index contributed by atoms with van der Waals surface area (Å²) in [7, 11) is 0. The Labute approximate surface area is 202 Å². The first-order chi connectivity index (χ1) is 16.5. The summed E-state index contributed by atoms with van der Waals surface area (Å²) in [4.78, 5) is 43.5. The molecule has 5 nitrogen and oxygen atoms in total. The van der Waals surface area contributed by atoms with Crippen molar-refractivity contribution in [2.45, 2.75) is 24.4 Å². The summed E-state index contributed by atoms with van der Waals surface area (Å²) >= 11 is 6.46. The zero-order valence-corrected chi connectivity index (χ0v) is 19.1. The van der Waals surface area contributed by atoms with E-state index in [9.17, 15) is 14.4 Å². The molecule has 0 bridgehead atoms. The first-order valence-electron chi connectivity index (χ1n) is 11.2. The molecule has 4 atom stereocenters. The zero-order chi connectivity index (χ0) is 23.6. The van der Waals surface area contributed by atoms with Crippen molar-refractivity contribution in [3.8, 4) is 0 Å². The van der Waals surface area contributed by atoms with Crippen LogP contribution in [0.5, 0.6) is 0 Å². The van der Waals surface area contributed by atoms with Gasteiger partial charge in [-0.3, -0.25) is 14.4 Å². The molecular weight excluding hydrogens is 448 g/mol. The monoisotopic (exact) mass is 468 g/mol. The number of para-hydroxylation sites is 2. The van der Waals surface area contributed by atoms with Crippen molar-refractivity contribution in [3.63, 3.8) is 0 Å². The molecule has 0 aliphatic carbocycles. The fourth-order valence-corrected chi connectivity index (χ4v) is 6.33. The summed E-state index contributed by atoms with van der Waals surface area (Å²) in [6, 6.07) is 20.7. The number of anilines is 2. The molecule has 3 aliphatic heterocycles. The smallest absolute Gasteiger partial charge is 0.238 e. The first kappa shape index (κ1) is 20.9. The van der Waals surface area contributed by atoms with Crippen LogP contribution in [-0.4, -0.2) is 29.6 Å². The van der Waals surface area contributed by atoms with Gasteiger partial charge in [-0.25, -0.2) is 0 Å². The molecule has 6 rings (SSSR count). The lowest BCUT2D eigenvalue weighted by molar-refractivity contribution is -0.122. The van der Waals surface area contributed by atoms with Gasteiger partial charge in [0.05, 0.1) is 23.0 Å². The lowest BCUT2D eigenvalue weighted by Gasteiger charge is -2.37. The van der Waals surface area contributed by atoms with Crippen molar-refractivity contribution in [3.05, 3.63) is 101 Å². The molecule has 34 heavy (non-hydrogen) atoms. The van der Waals surface area contributed by atoms with E-state index in [-0.39, 0.29) is 17.5 Å². The highest BCUT2D eigenvalue weighted by atomic mass is 35.5. The Morgan fingerprint density at radius 3 is 2.47 bits per heavy atom. The van der Waals surface area contributed by atoms with Crippen LogP contribution in [0.1, 0.15) is 28.4 Å². The predicted octanol–water partition coefficient (Wildman–Crippen LogP) is 4.90. The molecule has 3 aromatic rings. The quantitative estimate of drug-likeness (QED) is 0.555. The van der Waals surface area contributed by atoms with E-state index in [1.807, 2.05) is 65.6 Å². The number of halogens is 1. The number of amides is 1. The normalized spacial score (nSPS) is 26.1. The fourth-order valence-electron chi connectivity index (χ4n) is 6.10. The maximum Gasteiger partial charge on any atom is 0.238 e. The van der Waals surface area contributed by atoms with Gasteiger partial charge < -0.3 is 10.2 Å². The maximum atomic E-state index is 14.3. The minimum atomic E-state index is -1.28. The average molecular weight is 469 g/mol. The van der Waals surface area contributed by atoms with Crippen molar-refractivity contribution in [1.29, 1.82) is 0 Å². The number of hydrogen-bond acceptors (Lipinski definition) is 4. The second-order valence-corrected chi connectivity index (χ2v) is 9.42. The molecule has 3 aliphatic rings. The highest BCUT2D eigenvalue weighted by Crippen LogP contribution is 2.57. The molecule has 168 valence electrons. The van der Waals surface area contributed by atoms with E-state index < -0.39 is 23.4 Å². The van der Waals surface area contributed by atoms with Crippen LogP contribution in [0.15, 0.2) is 78.9 Å². The molecule has 1 spiro atoms. The number of benzene rings is 3. The minimum absolute atomic E-state index is 0.172. The number of nitrogens with one attached hydrogen (secondary N) is 1. The Kier molecular flexibility index (Phi) is 4.55. The third kappa shape index (κ3) is 2.59. The van der Waals surface area contributed by atoms with Crippen molar-refractivity contribution >= 4 is 46.5 Å². The van der Waals surface area contributed by atoms with Gasteiger partial charge in [0.2, 0.25) is 5.91 Å². The number of ketones is 2. The summed E-state index contributed by atoms with van der Waals surface area (Å²) in [5.41, 5.74) is 2.20. The summed E-state index contributed by atoms with van der Waals surface area (Å²) < 4.78 is 0. The molecule has 0 radical (unpaired) electrons. The number of hydrogen-bond donors (Lipinski definition) is 1. The van der Waals surface area contributed by atoms with Crippen LogP contribution < -0.4 is 10.2 Å². The van der Waals surface area contributed by atoms with E-state index in [0.717, 1.165) is 16.8 Å². The average Bonchev–Trinajstić information content (AvgIpc) is 3.32. The Morgan fingerprint density at radius 2 is 1.68 bits per heavy atom. The van der Waals surface area contributed by atoms with Crippen LogP contribution in [-0.2, 0) is 15.0 Å². The summed E-state index contributed by atoms with van der Waals surface area (Å²) in [5.74, 6) is -1.72. The fraction of sp³-hybridized carbons (Fsp3) is 0.179. The van der Waals surface area contributed by atoms with Crippen molar-refractivity contribution in [2.24, 2.45) is 5.92 Å². The van der Waals surface area contributed by atoms with E-state index >= 15 is 0 Å². The van der Waals surface area contributed by atoms with Gasteiger partial charge in [-0.1, -0.05) is 72.3 Å². The maximum absolute atomic E-state index is 14.3. The molecule has 0 saturated carbocycles. The molecule has 3 heterocycles. The van der Waals surface area contributed by atoms with Crippen molar-refractivity contribution < 1.29 is 14.4 Å². The topological polar surface area (TPSA) is 66.5 Å². The van der Waals surface area contributed by atoms with E-state index in [0.29, 0.717) is 16.3 Å². The number of rotatable bonds is 3. The molecule has 6 heteroatoms. The number of carbonyl (C=O) groups excluding carboxylic acids is 3. The van der Waals surface area contributed by atoms with Crippen LogP contribution in [0, 0.1) is 5.92 Å². The Morgan fingerprint density at radius 1 is 0.971 bits per heavy atom. The van der Waals surface area contributed by atoms with Crippen LogP contribution in [0.4, 0.5) is 11.4 Å². The molecule has 1 saturated heterocycles. The van der Waals surface area contributed by atoms with Gasteiger partial charge in [-0.2, -0.15) is 0 Å². The number of nitrogens with zero attached hydrogens (tertiary/aromatic N) is 1. The molecule has 3 aromatic carbocycles. The first-order valence-corrected chi connectivity index (χ1v) is 11.6. The standard InChI is InChI=1S/C28H21ClN2O3/c1-16(32)25-24(26(33)18-9-3-5-11-20(18)29)28(19-10-4-6-12-21(19)30-27(28)34)23-15-14-17-8-2-7-13-22(17)31(23)25/h2-15,23-25H,1H3,(H,30,34)/t23-,24+,25-,28-/m1/s1. The third-order valence-corrected chi connectivity index (χ3v) is 7.71. The van der Waals surface area contributed by atoms with Gasteiger partial charge in [0.15, 0.2) is 11.6 Å². The molecule has 1 N–H and O–H groups in total. The van der Waals surface area contributed by atoms with Crippen LogP contribution in [0.3, 0.4) is 0 Å².